The summed E-state index contributed by atoms with van der Waals surface area (Å²) in [5.74, 6) is -1.13. The smallest absolute Gasteiger partial charge is 0.545 e. The molecule has 1 aromatic carbocycles. The molecule has 1 aliphatic heterocycles. The second-order valence-corrected chi connectivity index (χ2v) is 3.42. The quantitative estimate of drug-likeness (QED) is 0.523. The third-order valence-electron chi connectivity index (χ3n) is 2.43. The van der Waals surface area contributed by atoms with Crippen molar-refractivity contribution < 1.29 is 33.5 Å². The Hall–Kier alpha value is -1.01. The fourth-order valence-corrected chi connectivity index (χ4v) is 1.64. The third-order valence-corrected chi connectivity index (χ3v) is 2.43. The number of carboxylic acids is 1. The third kappa shape index (κ3) is 2.99. The summed E-state index contributed by atoms with van der Waals surface area (Å²) < 4.78 is 5.19. The summed E-state index contributed by atoms with van der Waals surface area (Å²) in [5.41, 5.74) is 2.31. The zero-order valence-electron chi connectivity index (χ0n) is 9.23. The summed E-state index contributed by atoms with van der Waals surface area (Å²) in [6.07, 6.45) is 2.81. The predicted molar refractivity (Wildman–Crippen MR) is 54.2 cm³/mol. The first-order valence-electron chi connectivity index (χ1n) is 4.86. The van der Waals surface area contributed by atoms with Crippen LogP contribution >= 0.6 is 0 Å². The number of hydrogen-bond acceptors (Lipinski definition) is 3. The van der Waals surface area contributed by atoms with Gasteiger partial charge in [-0.15, -0.1) is 0 Å². The van der Waals surface area contributed by atoms with Crippen molar-refractivity contribution in [2.45, 2.75) is 6.42 Å². The van der Waals surface area contributed by atoms with Crippen LogP contribution in [0.3, 0.4) is 0 Å². The summed E-state index contributed by atoms with van der Waals surface area (Å²) in [5, 5.41) is 10.7. The zero-order valence-corrected chi connectivity index (χ0v) is 9.23. The van der Waals surface area contributed by atoms with E-state index in [0.717, 1.165) is 17.6 Å². The van der Waals surface area contributed by atoms with Crippen LogP contribution in [0.5, 0.6) is 0 Å². The van der Waals surface area contributed by atoms with Crippen LogP contribution in [0.1, 0.15) is 22.3 Å². The van der Waals surface area contributed by atoms with E-state index in [9.17, 15) is 9.90 Å². The van der Waals surface area contributed by atoms with Crippen LogP contribution in [0.4, 0.5) is 0 Å². The van der Waals surface area contributed by atoms with Gasteiger partial charge in [0.15, 0.2) is 0 Å². The first-order chi connectivity index (χ1) is 7.27. The van der Waals surface area contributed by atoms with Gasteiger partial charge in [-0.05, 0) is 29.2 Å². The second-order valence-electron chi connectivity index (χ2n) is 3.42. The van der Waals surface area contributed by atoms with E-state index in [2.05, 4.69) is 0 Å². The Kier molecular flexibility index (Phi) is 4.82. The Bertz CT molecular complexity index is 412. The van der Waals surface area contributed by atoms with Crippen molar-refractivity contribution in [1.82, 2.24) is 0 Å². The Morgan fingerprint density at radius 1 is 1.38 bits per heavy atom. The van der Waals surface area contributed by atoms with Gasteiger partial charge in [0.25, 0.3) is 0 Å². The monoisotopic (exact) mass is 210 g/mol. The van der Waals surface area contributed by atoms with Crippen molar-refractivity contribution >= 4 is 11.5 Å². The van der Waals surface area contributed by atoms with Gasteiger partial charge in [-0.2, -0.15) is 0 Å². The average molecular weight is 210 g/mol. The molecule has 1 aliphatic rings. The van der Waals surface area contributed by atoms with E-state index in [-0.39, 0.29) is 24.4 Å². The van der Waals surface area contributed by atoms with Gasteiger partial charge in [-0.1, -0.05) is 24.3 Å². The minimum absolute atomic E-state index is 0. The molecule has 0 spiro atoms. The van der Waals surface area contributed by atoms with Crippen LogP contribution in [0.25, 0.3) is 5.57 Å². The van der Waals surface area contributed by atoms with Crippen LogP contribution in [-0.2, 0) is 4.74 Å². The van der Waals surface area contributed by atoms with E-state index >= 15 is 0 Å². The summed E-state index contributed by atoms with van der Waals surface area (Å²) in [6, 6.07) is 6.82. The minimum atomic E-state index is -1.13. The standard InChI is InChI=1S/C12H12O3.Li/c13-12(14)11-3-1-2-10(8-11)9-4-6-15-7-5-9;/h1-4,8H,5-7H2,(H,13,14);/q;+1/p-1. The van der Waals surface area contributed by atoms with E-state index in [1.165, 1.54) is 0 Å². The van der Waals surface area contributed by atoms with Crippen molar-refractivity contribution in [3.8, 4) is 0 Å². The van der Waals surface area contributed by atoms with E-state index in [0.29, 0.717) is 13.2 Å². The molecule has 1 heterocycles. The molecule has 0 unspecified atom stereocenters. The van der Waals surface area contributed by atoms with E-state index in [1.807, 2.05) is 12.1 Å². The van der Waals surface area contributed by atoms with Crippen molar-refractivity contribution in [2.75, 3.05) is 13.2 Å². The number of carboxylic acid groups (broad SMARTS) is 1. The molecule has 0 atom stereocenters. The van der Waals surface area contributed by atoms with Crippen molar-refractivity contribution in [3.63, 3.8) is 0 Å². The van der Waals surface area contributed by atoms with Gasteiger partial charge in [0.1, 0.15) is 0 Å². The first kappa shape index (κ1) is 13.1. The molecule has 0 saturated carbocycles. The van der Waals surface area contributed by atoms with E-state index in [4.69, 9.17) is 4.74 Å². The number of aromatic carboxylic acids is 1. The maximum Gasteiger partial charge on any atom is 1.00 e. The number of benzene rings is 1. The normalized spacial score (nSPS) is 14.9. The SMILES string of the molecule is O=C([O-])c1cccc(C2=CCOCC2)c1.[Li+]. The van der Waals surface area contributed by atoms with E-state index < -0.39 is 5.97 Å². The van der Waals surface area contributed by atoms with Gasteiger partial charge in [-0.3, -0.25) is 0 Å². The second kappa shape index (κ2) is 5.91. The fraction of sp³-hybridized carbons (Fsp3) is 0.250. The summed E-state index contributed by atoms with van der Waals surface area (Å²) in [4.78, 5) is 10.7. The molecule has 0 aliphatic carbocycles. The average Bonchev–Trinajstić information content (AvgIpc) is 2.30. The maximum absolute atomic E-state index is 10.7. The molecule has 16 heavy (non-hydrogen) atoms. The van der Waals surface area contributed by atoms with Crippen LogP contribution in [0.15, 0.2) is 30.3 Å². The van der Waals surface area contributed by atoms with Crippen LogP contribution < -0.4 is 24.0 Å². The fourth-order valence-electron chi connectivity index (χ4n) is 1.64. The molecule has 1 aromatic rings. The maximum atomic E-state index is 10.7. The largest absolute Gasteiger partial charge is 1.00 e. The Labute approximate surface area is 106 Å². The molecule has 3 nitrogen and oxygen atoms in total. The predicted octanol–water partition coefficient (Wildman–Crippen LogP) is -2.14. The van der Waals surface area contributed by atoms with Crippen LogP contribution in [0.2, 0.25) is 0 Å². The molecule has 78 valence electrons. The molecule has 0 saturated heterocycles. The molecule has 2 rings (SSSR count). The van der Waals surface area contributed by atoms with E-state index in [1.54, 1.807) is 18.2 Å². The van der Waals surface area contributed by atoms with Gasteiger partial charge in [0.2, 0.25) is 0 Å². The number of ether oxygens (including phenoxy) is 1. The Morgan fingerprint density at radius 2 is 2.19 bits per heavy atom. The summed E-state index contributed by atoms with van der Waals surface area (Å²) in [6.45, 7) is 1.30. The van der Waals surface area contributed by atoms with Crippen LogP contribution in [0, 0.1) is 0 Å². The zero-order chi connectivity index (χ0) is 10.7. The van der Waals surface area contributed by atoms with Crippen molar-refractivity contribution in [2.24, 2.45) is 0 Å². The molecule has 4 heteroatoms. The number of hydrogen-bond donors (Lipinski definition) is 0. The Morgan fingerprint density at radius 3 is 2.81 bits per heavy atom. The van der Waals surface area contributed by atoms with Gasteiger partial charge < -0.3 is 14.6 Å². The number of rotatable bonds is 2. The molecule has 0 amide bonds. The first-order valence-corrected chi connectivity index (χ1v) is 4.86. The van der Waals surface area contributed by atoms with Crippen molar-refractivity contribution in [3.05, 3.63) is 41.5 Å². The number of carbonyl (C=O) groups excluding carboxylic acids is 1. The summed E-state index contributed by atoms with van der Waals surface area (Å²) in [7, 11) is 0. The van der Waals surface area contributed by atoms with Gasteiger partial charge in [-0.25, -0.2) is 0 Å². The topological polar surface area (TPSA) is 49.4 Å². The number of carbonyl (C=O) groups is 1. The Balaban J connectivity index is 0.00000128. The van der Waals surface area contributed by atoms with Gasteiger partial charge >= 0.3 is 18.9 Å². The molecule has 0 fully saturated rings. The molecule has 0 bridgehead atoms. The molecule has 0 radical (unpaired) electrons. The minimum Gasteiger partial charge on any atom is -0.545 e. The summed E-state index contributed by atoms with van der Waals surface area (Å²) >= 11 is 0. The van der Waals surface area contributed by atoms with Gasteiger partial charge in [0.05, 0.1) is 19.2 Å². The van der Waals surface area contributed by atoms with Crippen molar-refractivity contribution in [1.29, 1.82) is 0 Å². The van der Waals surface area contributed by atoms with Crippen LogP contribution in [-0.4, -0.2) is 19.2 Å². The molecule has 0 N–H and O–H groups in total. The molecular weight excluding hydrogens is 199 g/mol. The molecular formula is C12H11LiO3. The molecule has 0 aromatic heterocycles. The van der Waals surface area contributed by atoms with Gasteiger partial charge in [0, 0.05) is 0 Å².